The molecular weight excluding hydrogens is 349 g/mol. The van der Waals surface area contributed by atoms with Gasteiger partial charge in [-0.15, -0.1) is 10.2 Å². The van der Waals surface area contributed by atoms with E-state index in [1.165, 1.54) is 24.0 Å². The number of carbonyl (C=O) groups excluding carboxylic acids is 1. The van der Waals surface area contributed by atoms with Crippen LogP contribution >= 0.6 is 0 Å². The van der Waals surface area contributed by atoms with Crippen LogP contribution in [-0.4, -0.2) is 33.6 Å². The second-order valence-electron chi connectivity index (χ2n) is 5.41. The van der Waals surface area contributed by atoms with E-state index in [9.17, 15) is 18.0 Å². The summed E-state index contributed by atoms with van der Waals surface area (Å²) in [6, 6.07) is 9.58. The van der Waals surface area contributed by atoms with Crippen molar-refractivity contribution in [3.63, 3.8) is 0 Å². The molecule has 0 atom stereocenters. The molecule has 1 heterocycles. The van der Waals surface area contributed by atoms with Crippen molar-refractivity contribution in [2.75, 3.05) is 7.11 Å². The highest BCUT2D eigenvalue weighted by Gasteiger charge is 2.30. The number of carbonyl (C=O) groups is 1. The molecule has 0 amide bonds. The number of hydrogen-bond donors (Lipinski definition) is 0. The molecule has 0 aliphatic carbocycles. The van der Waals surface area contributed by atoms with Gasteiger partial charge in [0.15, 0.2) is 0 Å². The fourth-order valence-electron chi connectivity index (χ4n) is 2.41. The summed E-state index contributed by atoms with van der Waals surface area (Å²) < 4.78 is 43.7. The molecule has 3 rings (SSSR count). The molecule has 134 valence electrons. The third-order valence-electron chi connectivity index (χ3n) is 3.65. The Morgan fingerprint density at radius 1 is 1.19 bits per heavy atom. The van der Waals surface area contributed by atoms with Gasteiger partial charge in [0, 0.05) is 16.7 Å². The Bertz CT molecular complexity index is 938. The van der Waals surface area contributed by atoms with Crippen LogP contribution in [-0.2, 0) is 12.7 Å². The van der Waals surface area contributed by atoms with Gasteiger partial charge < -0.3 is 4.74 Å². The minimum absolute atomic E-state index is 0.0709. The number of rotatable bonds is 5. The van der Waals surface area contributed by atoms with E-state index in [0.29, 0.717) is 23.2 Å². The zero-order chi connectivity index (χ0) is 18.7. The number of nitrogens with zero attached hydrogens (tertiary/aromatic N) is 4. The fraction of sp³-hybridized carbons (Fsp3) is 0.176. The molecule has 0 radical (unpaired) electrons. The molecule has 0 aliphatic heterocycles. The van der Waals surface area contributed by atoms with E-state index in [0.717, 1.165) is 12.1 Å². The summed E-state index contributed by atoms with van der Waals surface area (Å²) in [7, 11) is 1.49. The Kier molecular flexibility index (Phi) is 4.70. The summed E-state index contributed by atoms with van der Waals surface area (Å²) in [4.78, 5) is 12.2. The quantitative estimate of drug-likeness (QED) is 0.652. The summed E-state index contributed by atoms with van der Waals surface area (Å²) in [6.45, 7) is 0.150. The monoisotopic (exact) mass is 362 g/mol. The van der Waals surface area contributed by atoms with Gasteiger partial charge in [0.25, 0.3) is 0 Å². The number of hydrogen-bond acceptors (Lipinski definition) is 5. The molecule has 9 heteroatoms. The van der Waals surface area contributed by atoms with Crippen molar-refractivity contribution in [1.29, 1.82) is 0 Å². The average Bonchev–Trinajstić information content (AvgIpc) is 3.09. The zero-order valence-electron chi connectivity index (χ0n) is 13.6. The number of aromatic nitrogens is 4. The largest absolute Gasteiger partial charge is 0.496 e. The predicted molar refractivity (Wildman–Crippen MR) is 85.7 cm³/mol. The van der Waals surface area contributed by atoms with Gasteiger partial charge in [0.1, 0.15) is 12.0 Å². The van der Waals surface area contributed by atoms with E-state index < -0.39 is 11.7 Å². The summed E-state index contributed by atoms with van der Waals surface area (Å²) in [5, 5.41) is 11.8. The molecule has 0 aliphatic rings. The lowest BCUT2D eigenvalue weighted by molar-refractivity contribution is -0.137. The first kappa shape index (κ1) is 17.6. The molecule has 0 unspecified atom stereocenters. The molecule has 0 N–H and O–H groups in total. The van der Waals surface area contributed by atoms with Gasteiger partial charge in [-0.2, -0.15) is 18.0 Å². The van der Waals surface area contributed by atoms with Crippen molar-refractivity contribution in [3.05, 3.63) is 59.2 Å². The predicted octanol–water partition coefficient (Wildman–Crippen LogP) is 3.23. The molecule has 1 aromatic heterocycles. The van der Waals surface area contributed by atoms with Gasteiger partial charge in [-0.3, -0.25) is 4.79 Å². The number of alkyl halides is 3. The molecule has 0 spiro atoms. The number of methoxy groups -OCH3 is 1. The van der Waals surface area contributed by atoms with Gasteiger partial charge in [0.2, 0.25) is 5.82 Å². The highest BCUT2D eigenvalue weighted by Crippen LogP contribution is 2.31. The first-order valence-corrected chi connectivity index (χ1v) is 7.48. The maximum absolute atomic E-state index is 12.8. The summed E-state index contributed by atoms with van der Waals surface area (Å²) >= 11 is 0. The highest BCUT2D eigenvalue weighted by atomic mass is 19.4. The number of tetrazole rings is 1. The van der Waals surface area contributed by atoms with Gasteiger partial charge in [-0.25, -0.2) is 0 Å². The Hall–Kier alpha value is -3.23. The van der Waals surface area contributed by atoms with E-state index in [1.54, 1.807) is 18.2 Å². The van der Waals surface area contributed by atoms with Gasteiger partial charge >= 0.3 is 6.18 Å². The lowest BCUT2D eigenvalue weighted by Crippen LogP contribution is -2.06. The Balaban J connectivity index is 1.89. The minimum atomic E-state index is -4.45. The van der Waals surface area contributed by atoms with Crippen LogP contribution in [0, 0.1) is 0 Å². The first-order chi connectivity index (χ1) is 12.4. The zero-order valence-corrected chi connectivity index (χ0v) is 13.6. The van der Waals surface area contributed by atoms with Crippen LogP contribution in [0.4, 0.5) is 13.2 Å². The van der Waals surface area contributed by atoms with Crippen LogP contribution in [0.25, 0.3) is 11.4 Å². The lowest BCUT2D eigenvalue weighted by atomic mass is 10.1. The van der Waals surface area contributed by atoms with Crippen LogP contribution in [0.15, 0.2) is 42.5 Å². The summed E-state index contributed by atoms with van der Waals surface area (Å²) in [5.41, 5.74) is 0.524. The molecule has 0 bridgehead atoms. The Morgan fingerprint density at radius 2 is 2.00 bits per heavy atom. The van der Waals surface area contributed by atoms with Gasteiger partial charge in [-0.05, 0) is 35.5 Å². The molecule has 6 nitrogen and oxygen atoms in total. The SMILES string of the molecule is COc1ccc(C=O)cc1Cn1nnc(-c2cccc(C(F)(F)F)c2)n1. The van der Waals surface area contributed by atoms with Crippen LogP contribution in [0.2, 0.25) is 0 Å². The van der Waals surface area contributed by atoms with E-state index in [4.69, 9.17) is 4.74 Å². The summed E-state index contributed by atoms with van der Waals surface area (Å²) in [5.74, 6) is 0.607. The van der Waals surface area contributed by atoms with Crippen molar-refractivity contribution in [1.82, 2.24) is 20.2 Å². The topological polar surface area (TPSA) is 69.9 Å². The third-order valence-corrected chi connectivity index (χ3v) is 3.65. The normalized spacial score (nSPS) is 11.4. The second kappa shape index (κ2) is 6.95. The number of benzene rings is 2. The van der Waals surface area contributed by atoms with Crippen LogP contribution < -0.4 is 4.74 Å². The highest BCUT2D eigenvalue weighted by molar-refractivity contribution is 5.75. The Labute approximate surface area is 146 Å². The van der Waals surface area contributed by atoms with E-state index in [1.807, 2.05) is 0 Å². The van der Waals surface area contributed by atoms with Crippen LogP contribution in [0.3, 0.4) is 0 Å². The fourth-order valence-corrected chi connectivity index (χ4v) is 2.41. The van der Waals surface area contributed by atoms with Crippen molar-refractivity contribution in [3.8, 4) is 17.1 Å². The number of halogens is 3. The van der Waals surface area contributed by atoms with Gasteiger partial charge in [-0.1, -0.05) is 12.1 Å². The van der Waals surface area contributed by atoms with Crippen LogP contribution in [0.5, 0.6) is 5.75 Å². The molecule has 26 heavy (non-hydrogen) atoms. The maximum atomic E-state index is 12.8. The van der Waals surface area contributed by atoms with Crippen LogP contribution in [0.1, 0.15) is 21.5 Å². The van der Waals surface area contributed by atoms with E-state index >= 15 is 0 Å². The van der Waals surface area contributed by atoms with Gasteiger partial charge in [0.05, 0.1) is 19.2 Å². The van der Waals surface area contributed by atoms with Crippen molar-refractivity contribution in [2.24, 2.45) is 0 Å². The smallest absolute Gasteiger partial charge is 0.416 e. The summed E-state index contributed by atoms with van der Waals surface area (Å²) in [6.07, 6.45) is -3.75. The average molecular weight is 362 g/mol. The standard InChI is InChI=1S/C17H13F3N4O2/c1-26-15-6-5-11(10-25)7-13(15)9-24-22-16(21-23-24)12-3-2-4-14(8-12)17(18,19)20/h2-8,10H,9H2,1H3. The molecule has 0 saturated heterocycles. The number of aldehydes is 1. The van der Waals surface area contributed by atoms with Crippen molar-refractivity contribution in [2.45, 2.75) is 12.7 Å². The first-order valence-electron chi connectivity index (χ1n) is 7.48. The lowest BCUT2D eigenvalue weighted by Gasteiger charge is -2.08. The van der Waals surface area contributed by atoms with E-state index in [-0.39, 0.29) is 17.9 Å². The molecule has 3 aromatic rings. The van der Waals surface area contributed by atoms with E-state index in [2.05, 4.69) is 15.4 Å². The second-order valence-corrected chi connectivity index (χ2v) is 5.41. The minimum Gasteiger partial charge on any atom is -0.496 e. The molecule has 0 fully saturated rings. The number of ether oxygens (including phenoxy) is 1. The molecular formula is C17H13F3N4O2. The molecule has 0 saturated carbocycles. The third kappa shape index (κ3) is 3.71. The molecule has 2 aromatic carbocycles. The Morgan fingerprint density at radius 3 is 2.69 bits per heavy atom. The van der Waals surface area contributed by atoms with Crippen molar-refractivity contribution >= 4 is 6.29 Å². The van der Waals surface area contributed by atoms with Crippen molar-refractivity contribution < 1.29 is 22.7 Å². The maximum Gasteiger partial charge on any atom is 0.416 e.